The van der Waals surface area contributed by atoms with Crippen LogP contribution in [0.2, 0.25) is 0 Å². The molecule has 0 aliphatic rings. The van der Waals surface area contributed by atoms with Crippen molar-refractivity contribution in [1.82, 2.24) is 6.15 Å². The van der Waals surface area contributed by atoms with Gasteiger partial charge in [0.2, 0.25) is 0 Å². The van der Waals surface area contributed by atoms with Crippen LogP contribution in [0.4, 0.5) is 0 Å². The molecule has 0 spiro atoms. The normalized spacial score (nSPS) is 0. The molecule has 0 aromatic carbocycles. The molecule has 0 saturated heterocycles. The van der Waals surface area contributed by atoms with Crippen molar-refractivity contribution < 1.29 is 0 Å². The summed E-state index contributed by atoms with van der Waals surface area (Å²) in [5, 5.41) is 0. The van der Waals surface area contributed by atoms with Gasteiger partial charge < -0.3 is 6.15 Å². The summed E-state index contributed by atoms with van der Waals surface area (Å²) in [5.74, 6) is 0. The van der Waals surface area contributed by atoms with Crippen LogP contribution in [-0.2, 0) is 0 Å². The fraction of sp³-hybridized carbons (Fsp3) is 0. The Kier molecular flexibility index (Phi) is 151. The molecule has 0 aromatic heterocycles. The molecule has 0 fully saturated rings. The van der Waals surface area contributed by atoms with Crippen LogP contribution < -0.4 is 6.15 Å². The van der Waals surface area contributed by atoms with Gasteiger partial charge in [0.05, 0.1) is 0 Å². The summed E-state index contributed by atoms with van der Waals surface area (Å²) >= 11 is 0. The van der Waals surface area contributed by atoms with Gasteiger partial charge in [0.1, 0.15) is 0 Å². The van der Waals surface area contributed by atoms with Gasteiger partial charge in [-0.3, -0.25) is 0 Å². The molecule has 0 aliphatic heterocycles. The summed E-state index contributed by atoms with van der Waals surface area (Å²) in [6.45, 7) is 0. The number of hydrogen-bond acceptors (Lipinski definition) is 1. The molecule has 0 bridgehead atoms. The fourth-order valence-electron chi connectivity index (χ4n) is 0. The number of hydrogen-bond donors (Lipinski definition) is 1. The maximum absolute atomic E-state index is 0. The van der Waals surface area contributed by atoms with E-state index in [2.05, 4.69) is 0 Å². The molecule has 0 heterocycles. The monoisotopic (exact) mass is 419 g/mol. The van der Waals surface area contributed by atoms with Crippen LogP contribution in [0, 0.1) is 0 Å². The Bertz CT molecular complexity index is 8.00. The van der Waals surface area contributed by atoms with Crippen molar-refractivity contribution >= 4 is 71.8 Å². The molecule has 0 amide bonds. The van der Waals surface area contributed by atoms with Crippen molar-refractivity contribution in [3.05, 3.63) is 0 Å². The maximum atomic E-state index is 0. The Morgan fingerprint density at radius 2 is 1.00 bits per heavy atom. The van der Waals surface area contributed by atoms with Gasteiger partial charge in [-0.15, -0.1) is 0 Å². The fourth-order valence-corrected chi connectivity index (χ4v) is 0. The van der Waals surface area contributed by atoms with Gasteiger partial charge in [-0.2, -0.15) is 0 Å². The third-order valence-corrected chi connectivity index (χ3v) is 0. The van der Waals surface area contributed by atoms with Crippen LogP contribution in [0.5, 0.6) is 0 Å². The Morgan fingerprint density at radius 1 is 1.00 bits per heavy atom. The average Bonchev–Trinajstić information content (AvgIpc) is 0. The van der Waals surface area contributed by atoms with Crippen molar-refractivity contribution in [3.63, 3.8) is 0 Å². The molecule has 4 heteroatoms. The molecule has 4 heavy (non-hydrogen) atoms. The predicted octanol–water partition coefficient (Wildman–Crippen LogP) is -3.39. The third kappa shape index (κ3) is 8.84. The quantitative estimate of drug-likeness (QED) is 0.409. The van der Waals surface area contributed by atoms with E-state index in [9.17, 15) is 0 Å². The van der Waals surface area contributed by atoms with E-state index in [0.717, 1.165) is 0 Å². The molecule has 0 rings (SSSR count). The van der Waals surface area contributed by atoms with Gasteiger partial charge in [-0.25, -0.2) is 0 Å². The van der Waals surface area contributed by atoms with E-state index in [1.807, 2.05) is 0 Å². The first-order valence-corrected chi connectivity index (χ1v) is 0. The van der Waals surface area contributed by atoms with Gasteiger partial charge in [0.25, 0.3) is 0 Å². The summed E-state index contributed by atoms with van der Waals surface area (Å²) in [6.07, 6.45) is 0. The van der Waals surface area contributed by atoms with Crippen molar-refractivity contribution in [2.45, 2.75) is 0 Å². The predicted molar refractivity (Wildman–Crippen MR) is 34.8 cm³/mol. The zero-order chi connectivity index (χ0) is 0. The molecule has 28 valence electrons. The molecule has 0 aliphatic carbocycles. The van der Waals surface area contributed by atoms with E-state index in [0.29, 0.717) is 0 Å². The van der Waals surface area contributed by atoms with E-state index in [-0.39, 0.29) is 78.0 Å². The van der Waals surface area contributed by atoms with E-state index < -0.39 is 0 Å². The SMILES string of the molecule is N.[BiH3].[GaH3].[InH3]. The van der Waals surface area contributed by atoms with Crippen molar-refractivity contribution in [1.29, 1.82) is 0 Å². The summed E-state index contributed by atoms with van der Waals surface area (Å²) in [4.78, 5) is 0. The third-order valence-electron chi connectivity index (χ3n) is 0. The molecule has 3 N–H and O–H groups in total. The molecular formula is H12BiGaInN. The Morgan fingerprint density at radius 3 is 1.00 bits per heavy atom. The summed E-state index contributed by atoms with van der Waals surface area (Å²) in [7, 11) is 0. The van der Waals surface area contributed by atoms with Crippen LogP contribution in [0.15, 0.2) is 0 Å². The van der Waals surface area contributed by atoms with Crippen molar-refractivity contribution in [2.24, 2.45) is 0 Å². The van der Waals surface area contributed by atoms with E-state index in [1.54, 1.807) is 0 Å². The van der Waals surface area contributed by atoms with Crippen molar-refractivity contribution in [3.8, 4) is 0 Å². The van der Waals surface area contributed by atoms with Crippen LogP contribution >= 0.6 is 0 Å². The molecule has 1 nitrogen and oxygen atoms in total. The van der Waals surface area contributed by atoms with E-state index >= 15 is 0 Å². The first-order valence-electron chi connectivity index (χ1n) is 0. The molecule has 0 saturated carbocycles. The summed E-state index contributed by atoms with van der Waals surface area (Å²) < 4.78 is 0. The molecule has 0 radical (unpaired) electrons. The van der Waals surface area contributed by atoms with Gasteiger partial charge >= 0.3 is 71.8 Å². The van der Waals surface area contributed by atoms with Gasteiger partial charge in [0, 0.05) is 0 Å². The average molecular weight is 420 g/mol. The second-order valence-corrected chi connectivity index (χ2v) is 0. The van der Waals surface area contributed by atoms with E-state index in [4.69, 9.17) is 0 Å². The first-order chi connectivity index (χ1) is 0. The Balaban J connectivity index is 0. The minimum atomic E-state index is 0. The Labute approximate surface area is 76.8 Å². The first kappa shape index (κ1) is 32.9. The summed E-state index contributed by atoms with van der Waals surface area (Å²) in [6, 6.07) is 0. The van der Waals surface area contributed by atoms with Crippen LogP contribution in [-0.4, -0.2) is 71.8 Å². The molecule has 0 aromatic rings. The van der Waals surface area contributed by atoms with Gasteiger partial charge in [-0.05, 0) is 0 Å². The number of rotatable bonds is 0. The van der Waals surface area contributed by atoms with Gasteiger partial charge in [0.15, 0.2) is 0 Å². The zero-order valence-electron chi connectivity index (χ0n) is 1.41. The van der Waals surface area contributed by atoms with Gasteiger partial charge in [-0.1, -0.05) is 0 Å². The standard InChI is InChI=1S/Bi.Ga.In.H3N.9H/h;;;1H3;;;;;;;;;. The topological polar surface area (TPSA) is 35.0 Å². The molecule has 0 unspecified atom stereocenters. The second-order valence-electron chi connectivity index (χ2n) is 0. The van der Waals surface area contributed by atoms with Crippen LogP contribution in [0.1, 0.15) is 0 Å². The second kappa shape index (κ2) is 18.3. The van der Waals surface area contributed by atoms with Crippen molar-refractivity contribution in [2.75, 3.05) is 0 Å². The molecular weight excluding hydrogens is 408 g/mol. The van der Waals surface area contributed by atoms with E-state index in [1.165, 1.54) is 0 Å². The summed E-state index contributed by atoms with van der Waals surface area (Å²) in [5.41, 5.74) is 0. The molecule has 0 atom stereocenters. The minimum absolute atomic E-state index is 0. The van der Waals surface area contributed by atoms with Crippen LogP contribution in [0.25, 0.3) is 0 Å². The Hall–Kier alpha value is 2.35. The van der Waals surface area contributed by atoms with Crippen LogP contribution in [0.3, 0.4) is 0 Å². The zero-order valence-corrected chi connectivity index (χ0v) is 6.91.